The Morgan fingerprint density at radius 2 is 1.01 bits per heavy atom. The van der Waals surface area contributed by atoms with Gasteiger partial charge in [0.25, 0.3) is 0 Å². The highest BCUT2D eigenvalue weighted by Crippen LogP contribution is 2.53. The van der Waals surface area contributed by atoms with Gasteiger partial charge in [-0.25, -0.2) is 0 Å². The normalized spacial score (nSPS) is 27.7. The van der Waals surface area contributed by atoms with Crippen molar-refractivity contribution >= 4 is 5.78 Å². The van der Waals surface area contributed by atoms with Crippen molar-refractivity contribution in [2.75, 3.05) is 6.61 Å². The van der Waals surface area contributed by atoms with Crippen molar-refractivity contribution < 1.29 is 24.1 Å². The summed E-state index contributed by atoms with van der Waals surface area (Å²) in [5.41, 5.74) is 6.01. The Balaban J connectivity index is 0.000000378. The molecule has 0 radical (unpaired) electrons. The number of Topliss-reactive ketones (excluding diaryl/α,β-unsaturated/α-hetero) is 1. The van der Waals surface area contributed by atoms with Gasteiger partial charge in [0.15, 0.2) is 5.78 Å². The van der Waals surface area contributed by atoms with Crippen molar-refractivity contribution in [1.82, 2.24) is 0 Å². The molecule has 0 bridgehead atoms. The van der Waals surface area contributed by atoms with Gasteiger partial charge < -0.3 is 19.3 Å². The zero-order valence-electron chi connectivity index (χ0n) is 65.1. The zero-order valence-corrected chi connectivity index (χ0v) is 65.1. The Morgan fingerprint density at radius 1 is 0.571 bits per heavy atom. The van der Waals surface area contributed by atoms with Crippen LogP contribution in [0.15, 0.2) is 35.5 Å². The van der Waals surface area contributed by atoms with Gasteiger partial charge in [0, 0.05) is 6.42 Å². The van der Waals surface area contributed by atoms with Gasteiger partial charge in [-0.3, -0.25) is 4.79 Å². The van der Waals surface area contributed by atoms with Gasteiger partial charge in [-0.05, 0) is 275 Å². The summed E-state index contributed by atoms with van der Waals surface area (Å²) < 4.78 is 18.8. The maximum absolute atomic E-state index is 12.2. The van der Waals surface area contributed by atoms with Crippen LogP contribution in [0.3, 0.4) is 0 Å². The number of rotatable bonds is 34. The second kappa shape index (κ2) is 35.1. The van der Waals surface area contributed by atoms with Crippen molar-refractivity contribution in [1.29, 1.82) is 5.26 Å². The van der Waals surface area contributed by atoms with E-state index in [2.05, 4.69) is 171 Å². The largest absolute Gasteiger partial charge is 0.393 e. The predicted octanol–water partition coefficient (Wildman–Crippen LogP) is 24.7. The van der Waals surface area contributed by atoms with E-state index >= 15 is 0 Å². The summed E-state index contributed by atoms with van der Waals surface area (Å²) in [4.78, 5) is 12.2. The number of aliphatic hydroxyl groups is 1. The predicted molar refractivity (Wildman–Crippen MR) is 391 cm³/mol. The summed E-state index contributed by atoms with van der Waals surface area (Å²) in [6.45, 7) is 63.9. The molecule has 1 N–H and O–H groups in total. The molecule has 0 aromatic heterocycles. The third-order valence-electron chi connectivity index (χ3n) is 24.3. The molecular weight excluding hydrogens is 1110 g/mol. The summed E-state index contributed by atoms with van der Waals surface area (Å²) in [5.74, 6) is 6.61. The Kier molecular flexibility index (Phi) is 31.5. The number of allylic oxidation sites excluding steroid dienone is 3. The Labute approximate surface area is 566 Å². The minimum Gasteiger partial charge on any atom is -0.393 e. The van der Waals surface area contributed by atoms with E-state index in [1.165, 1.54) is 127 Å². The molecule has 0 amide bonds. The van der Waals surface area contributed by atoms with Gasteiger partial charge in [0.2, 0.25) is 0 Å². The number of carbonyl (C=O) groups excluding carboxylic acids is 1. The number of ether oxygens (including phenoxy) is 3. The summed E-state index contributed by atoms with van der Waals surface area (Å²) >= 11 is 0. The van der Waals surface area contributed by atoms with Gasteiger partial charge in [0.1, 0.15) is 6.61 Å². The molecule has 4 fully saturated rings. The fraction of sp³-hybridized carbons (Fsp3) is 0.906. The van der Waals surface area contributed by atoms with Crippen molar-refractivity contribution in [3.05, 3.63) is 35.5 Å². The van der Waals surface area contributed by atoms with Crippen molar-refractivity contribution in [3.63, 3.8) is 0 Å². The van der Waals surface area contributed by atoms with E-state index in [1.807, 2.05) is 26.8 Å². The lowest BCUT2D eigenvalue weighted by Gasteiger charge is -2.38. The maximum Gasteiger partial charge on any atom is 0.184 e. The third kappa shape index (κ3) is 27.9. The van der Waals surface area contributed by atoms with Crippen LogP contribution in [0.25, 0.3) is 0 Å². The number of aliphatic hydroxyl groups excluding tert-OH is 1. The van der Waals surface area contributed by atoms with Gasteiger partial charge >= 0.3 is 0 Å². The van der Waals surface area contributed by atoms with Crippen LogP contribution in [0.4, 0.5) is 0 Å². The second-order valence-corrected chi connectivity index (χ2v) is 38.7. The van der Waals surface area contributed by atoms with Crippen molar-refractivity contribution in [3.8, 4) is 6.07 Å². The van der Waals surface area contributed by atoms with E-state index in [4.69, 9.17) is 14.2 Å². The number of carbonyl (C=O) groups is 1. The minimum absolute atomic E-state index is 0.0315. The molecule has 15 atom stereocenters. The lowest BCUT2D eigenvalue weighted by atomic mass is 9.67. The fourth-order valence-corrected chi connectivity index (χ4v) is 20.4. The molecule has 0 aromatic carbocycles. The average molecular weight is 1270 g/mol. The van der Waals surface area contributed by atoms with E-state index in [0.29, 0.717) is 46.0 Å². The van der Waals surface area contributed by atoms with Gasteiger partial charge in [0.05, 0.1) is 48.6 Å². The maximum atomic E-state index is 12.2. The summed E-state index contributed by atoms with van der Waals surface area (Å²) in [6.07, 6.45) is 37.9. The van der Waals surface area contributed by atoms with E-state index in [9.17, 15) is 15.2 Å². The van der Waals surface area contributed by atoms with Crippen LogP contribution in [0.1, 0.15) is 353 Å². The number of nitriles is 1. The molecule has 2 saturated carbocycles. The summed E-state index contributed by atoms with van der Waals surface area (Å²) in [6, 6.07) is 2.69. The van der Waals surface area contributed by atoms with E-state index in [-0.39, 0.29) is 64.4 Å². The van der Waals surface area contributed by atoms with Gasteiger partial charge in [-0.1, -0.05) is 197 Å². The minimum atomic E-state index is -0.458. The molecule has 6 rings (SSSR count). The van der Waals surface area contributed by atoms with Crippen LogP contribution in [0.5, 0.6) is 0 Å². The molecule has 0 spiro atoms. The van der Waals surface area contributed by atoms with Crippen LogP contribution >= 0.6 is 0 Å². The topological polar surface area (TPSA) is 88.8 Å². The number of hydrogen-bond acceptors (Lipinski definition) is 6. The van der Waals surface area contributed by atoms with Crippen LogP contribution < -0.4 is 0 Å². The number of hydrogen-bond donors (Lipinski definition) is 1. The van der Waals surface area contributed by atoms with E-state index in [1.54, 1.807) is 0 Å². The third-order valence-corrected chi connectivity index (χ3v) is 24.3. The first-order valence-corrected chi connectivity index (χ1v) is 38.7. The SMILES string of the molecule is C=C1CCC=C1CC(C)CCC(C)(C)CC(C)(C)CC(C#N)[C@H]1CCC([C@H]2CCC(C(C)CC(C)(C)CC(C)(C)CC)O2)O1.CC.CCC(C)(C)CC(C)(C)C[C@@H](C)C1CCC([C@H]2CC[C@H](C(C)CC(C)(C)CC(C)(C)CCC(O)CC3=C[C@H](C)OCC3=O)C2)C1. The van der Waals surface area contributed by atoms with Crippen molar-refractivity contribution in [2.45, 2.75) is 390 Å². The standard InChI is InChI=1S/C42H76O3.C41H71NO2.C2H6/c1-13-39(5,6)27-41(9,10)24-29(2)32-14-16-34(21-32)35-17-15-33(22-35)30(3)25-42(11,12)28-40(7,8)19-18-37(43)23-36-20-31(4)45-26-38(36)44;1-13-38(5,6)27-40(9,10)24-31(4)34-17-19-36(43-34)37-20-18-35(44-37)33(26-42)25-41(11,12)28-39(7,8)22-21-29(2)23-32-16-14-15-30(32)3;1-2/h20,29-35,37,43H,13-19,21-28H2,1-12H3;16,29,31,33-37H,3,13-15,17-25,27-28H2,1-2,4-12H3;1-2H3/t29-,30?,31+,32?,33+,34?,35+,37?;29?,31?,33?,34?,35-,36-,37?;/m11./s1. The molecule has 3 heterocycles. The first kappa shape index (κ1) is 81.6. The lowest BCUT2D eigenvalue weighted by molar-refractivity contribution is -0.122. The molecule has 6 aliphatic rings. The molecular formula is C85H153NO5. The fourth-order valence-electron chi connectivity index (χ4n) is 20.4. The van der Waals surface area contributed by atoms with Crippen LogP contribution in [-0.4, -0.2) is 54.1 Å². The highest BCUT2D eigenvalue weighted by atomic mass is 16.6. The molecule has 0 aromatic rings. The molecule has 3 aliphatic carbocycles. The average Bonchev–Trinajstić information content (AvgIpc) is 1.81. The first-order valence-electron chi connectivity index (χ1n) is 38.7. The number of nitrogens with zero attached hydrogens (tertiary/aromatic N) is 1. The van der Waals surface area contributed by atoms with Crippen molar-refractivity contribution in [2.24, 2.45) is 96.6 Å². The molecule has 6 heteroatoms. The molecule has 9 unspecified atom stereocenters. The molecule has 6 nitrogen and oxygen atoms in total. The summed E-state index contributed by atoms with van der Waals surface area (Å²) in [5, 5.41) is 21.1. The Bertz CT molecular complexity index is 2300. The second-order valence-electron chi connectivity index (χ2n) is 38.7. The van der Waals surface area contributed by atoms with Gasteiger partial charge in [-0.15, -0.1) is 0 Å². The molecule has 528 valence electrons. The smallest absolute Gasteiger partial charge is 0.184 e. The Hall–Kier alpha value is -1.78. The van der Waals surface area contributed by atoms with Crippen LogP contribution in [0.2, 0.25) is 0 Å². The lowest BCUT2D eigenvalue weighted by Crippen LogP contribution is -2.33. The Morgan fingerprint density at radius 3 is 1.47 bits per heavy atom. The van der Waals surface area contributed by atoms with E-state index < -0.39 is 6.10 Å². The van der Waals surface area contributed by atoms with Crippen LogP contribution in [-0.2, 0) is 19.0 Å². The van der Waals surface area contributed by atoms with E-state index in [0.717, 1.165) is 98.9 Å². The molecule has 91 heavy (non-hydrogen) atoms. The quantitative estimate of drug-likeness (QED) is 0.0691. The number of ketones is 1. The zero-order chi connectivity index (χ0) is 68.7. The van der Waals surface area contributed by atoms with Gasteiger partial charge in [-0.2, -0.15) is 5.26 Å². The summed E-state index contributed by atoms with van der Waals surface area (Å²) in [7, 11) is 0. The molecule has 3 aliphatic heterocycles. The first-order chi connectivity index (χ1) is 42.0. The highest BCUT2D eigenvalue weighted by Gasteiger charge is 2.45. The monoisotopic (exact) mass is 1270 g/mol. The van der Waals surface area contributed by atoms with Crippen LogP contribution in [0, 0.1) is 108 Å². The molecule has 2 saturated heterocycles. The highest BCUT2D eigenvalue weighted by molar-refractivity contribution is 5.97.